The van der Waals surface area contributed by atoms with Crippen molar-refractivity contribution >= 4 is 11.8 Å². The quantitative estimate of drug-likeness (QED) is 0.470. The van der Waals surface area contributed by atoms with Crippen molar-refractivity contribution in [2.45, 2.75) is 33.0 Å². The summed E-state index contributed by atoms with van der Waals surface area (Å²) in [6.45, 7) is 5.80. The van der Waals surface area contributed by atoms with E-state index in [0.29, 0.717) is 5.56 Å². The SMILES string of the molecule is COc1cccc(COCCNC(=O)OC(C)(C)C)c1[N+](=O)[O-]. The average Bonchev–Trinajstić information content (AvgIpc) is 2.44. The van der Waals surface area contributed by atoms with Crippen LogP contribution >= 0.6 is 0 Å². The first-order chi connectivity index (χ1) is 10.7. The maximum atomic E-state index is 11.4. The third kappa shape index (κ3) is 6.52. The fourth-order valence-corrected chi connectivity index (χ4v) is 1.78. The molecule has 0 aliphatic carbocycles. The number of nitrogens with zero attached hydrogens (tertiary/aromatic N) is 1. The van der Waals surface area contributed by atoms with Gasteiger partial charge >= 0.3 is 11.8 Å². The van der Waals surface area contributed by atoms with Crippen molar-refractivity contribution in [1.29, 1.82) is 0 Å². The summed E-state index contributed by atoms with van der Waals surface area (Å²) in [6, 6.07) is 4.77. The van der Waals surface area contributed by atoms with Gasteiger partial charge in [-0.25, -0.2) is 4.79 Å². The van der Waals surface area contributed by atoms with Crippen molar-refractivity contribution in [3.05, 3.63) is 33.9 Å². The average molecular weight is 326 g/mol. The molecule has 0 aliphatic heterocycles. The van der Waals surface area contributed by atoms with Crippen LogP contribution in [0, 0.1) is 10.1 Å². The molecule has 8 nitrogen and oxygen atoms in total. The van der Waals surface area contributed by atoms with Gasteiger partial charge in [0.05, 0.1) is 30.8 Å². The van der Waals surface area contributed by atoms with Crippen LogP contribution in [0.4, 0.5) is 10.5 Å². The minimum Gasteiger partial charge on any atom is -0.490 e. The third-order valence-corrected chi connectivity index (χ3v) is 2.66. The predicted molar refractivity (Wildman–Crippen MR) is 83.5 cm³/mol. The number of carbonyl (C=O) groups excluding carboxylic acids is 1. The number of ether oxygens (including phenoxy) is 3. The van der Waals surface area contributed by atoms with E-state index in [4.69, 9.17) is 14.2 Å². The molecule has 0 bridgehead atoms. The van der Waals surface area contributed by atoms with Gasteiger partial charge in [0.1, 0.15) is 5.60 Å². The number of carbonyl (C=O) groups is 1. The largest absolute Gasteiger partial charge is 0.490 e. The second-order valence-corrected chi connectivity index (χ2v) is 5.71. The van der Waals surface area contributed by atoms with Crippen molar-refractivity contribution in [1.82, 2.24) is 5.32 Å². The molecule has 0 radical (unpaired) electrons. The van der Waals surface area contributed by atoms with Gasteiger partial charge in [-0.05, 0) is 32.9 Å². The smallest absolute Gasteiger partial charge is 0.407 e. The number of methoxy groups -OCH3 is 1. The fraction of sp³-hybridized carbons (Fsp3) is 0.533. The number of nitro groups is 1. The Morgan fingerprint density at radius 1 is 1.35 bits per heavy atom. The molecule has 0 unspecified atom stereocenters. The van der Waals surface area contributed by atoms with E-state index in [0.717, 1.165) is 0 Å². The van der Waals surface area contributed by atoms with Gasteiger partial charge < -0.3 is 19.5 Å². The van der Waals surface area contributed by atoms with E-state index in [9.17, 15) is 14.9 Å². The van der Waals surface area contributed by atoms with Crippen molar-refractivity contribution < 1.29 is 23.9 Å². The van der Waals surface area contributed by atoms with Gasteiger partial charge in [-0.1, -0.05) is 6.07 Å². The minimum atomic E-state index is -0.563. The highest BCUT2D eigenvalue weighted by Gasteiger charge is 2.20. The molecule has 0 saturated carbocycles. The van der Waals surface area contributed by atoms with Crippen LogP contribution in [-0.4, -0.2) is 36.9 Å². The number of para-hydroxylation sites is 1. The molecule has 128 valence electrons. The highest BCUT2D eigenvalue weighted by molar-refractivity contribution is 5.67. The highest BCUT2D eigenvalue weighted by Crippen LogP contribution is 2.30. The van der Waals surface area contributed by atoms with Crippen molar-refractivity contribution in [3.8, 4) is 5.75 Å². The summed E-state index contributed by atoms with van der Waals surface area (Å²) in [4.78, 5) is 22.0. The summed E-state index contributed by atoms with van der Waals surface area (Å²) < 4.78 is 15.4. The molecule has 0 atom stereocenters. The number of benzene rings is 1. The zero-order valence-corrected chi connectivity index (χ0v) is 13.8. The number of rotatable bonds is 7. The Morgan fingerprint density at radius 3 is 2.61 bits per heavy atom. The Kier molecular flexibility index (Phi) is 6.77. The van der Waals surface area contributed by atoms with E-state index in [1.165, 1.54) is 13.2 Å². The Hall–Kier alpha value is -2.35. The van der Waals surface area contributed by atoms with E-state index in [2.05, 4.69) is 5.32 Å². The monoisotopic (exact) mass is 326 g/mol. The number of nitro benzene ring substituents is 1. The Balaban J connectivity index is 2.45. The maximum absolute atomic E-state index is 11.4. The van der Waals surface area contributed by atoms with Crippen LogP contribution in [-0.2, 0) is 16.1 Å². The van der Waals surface area contributed by atoms with Crippen LogP contribution in [0.25, 0.3) is 0 Å². The number of hydrogen-bond acceptors (Lipinski definition) is 6. The zero-order chi connectivity index (χ0) is 17.5. The van der Waals surface area contributed by atoms with E-state index >= 15 is 0 Å². The molecule has 1 aromatic carbocycles. The second-order valence-electron chi connectivity index (χ2n) is 5.71. The standard InChI is InChI=1S/C15H22N2O6/c1-15(2,3)23-14(18)16-8-9-22-10-11-6-5-7-12(21-4)13(11)17(19)20/h5-7H,8-10H2,1-4H3,(H,16,18). The Bertz CT molecular complexity index is 553. The van der Waals surface area contributed by atoms with Crippen LogP contribution in [0.1, 0.15) is 26.3 Å². The van der Waals surface area contributed by atoms with Gasteiger partial charge in [0, 0.05) is 6.54 Å². The summed E-state index contributed by atoms with van der Waals surface area (Å²) >= 11 is 0. The lowest BCUT2D eigenvalue weighted by Crippen LogP contribution is -2.34. The number of hydrogen-bond donors (Lipinski definition) is 1. The van der Waals surface area contributed by atoms with Gasteiger partial charge in [-0.2, -0.15) is 0 Å². The first kappa shape index (κ1) is 18.7. The van der Waals surface area contributed by atoms with Crippen LogP contribution < -0.4 is 10.1 Å². The topological polar surface area (TPSA) is 99.9 Å². The van der Waals surface area contributed by atoms with Crippen LogP contribution in [0.15, 0.2) is 18.2 Å². The van der Waals surface area contributed by atoms with Crippen molar-refractivity contribution in [2.75, 3.05) is 20.3 Å². The zero-order valence-electron chi connectivity index (χ0n) is 13.8. The molecule has 0 aliphatic rings. The van der Waals surface area contributed by atoms with Gasteiger partial charge in [0.2, 0.25) is 0 Å². The van der Waals surface area contributed by atoms with E-state index in [1.54, 1.807) is 32.9 Å². The Labute approximate surface area is 134 Å². The molecule has 1 rings (SSSR count). The molecule has 0 aromatic heterocycles. The summed E-state index contributed by atoms with van der Waals surface area (Å²) in [5, 5.41) is 13.6. The normalized spacial score (nSPS) is 11.0. The van der Waals surface area contributed by atoms with Gasteiger partial charge in [0.15, 0.2) is 5.75 Å². The molecule has 0 heterocycles. The summed E-state index contributed by atoms with van der Waals surface area (Å²) in [7, 11) is 1.37. The van der Waals surface area contributed by atoms with E-state index in [1.807, 2.05) is 0 Å². The maximum Gasteiger partial charge on any atom is 0.407 e. The van der Waals surface area contributed by atoms with Gasteiger partial charge in [-0.15, -0.1) is 0 Å². The lowest BCUT2D eigenvalue weighted by Gasteiger charge is -2.19. The highest BCUT2D eigenvalue weighted by atomic mass is 16.6. The molecular weight excluding hydrogens is 304 g/mol. The number of nitrogens with one attached hydrogen (secondary N) is 1. The van der Waals surface area contributed by atoms with Crippen molar-refractivity contribution in [2.24, 2.45) is 0 Å². The second kappa shape index (κ2) is 8.33. The molecule has 8 heteroatoms. The first-order valence-corrected chi connectivity index (χ1v) is 7.09. The molecule has 0 spiro atoms. The molecule has 0 saturated heterocycles. The first-order valence-electron chi connectivity index (χ1n) is 7.09. The third-order valence-electron chi connectivity index (χ3n) is 2.66. The van der Waals surface area contributed by atoms with Crippen LogP contribution in [0.3, 0.4) is 0 Å². The molecule has 0 fully saturated rings. The summed E-state index contributed by atoms with van der Waals surface area (Å²) in [6.07, 6.45) is -0.534. The van der Waals surface area contributed by atoms with E-state index in [-0.39, 0.29) is 31.2 Å². The molecule has 1 N–H and O–H groups in total. The van der Waals surface area contributed by atoms with Crippen molar-refractivity contribution in [3.63, 3.8) is 0 Å². The summed E-state index contributed by atoms with van der Waals surface area (Å²) in [5.41, 5.74) is -0.270. The number of amides is 1. The van der Waals surface area contributed by atoms with E-state index < -0.39 is 16.6 Å². The lowest BCUT2D eigenvalue weighted by atomic mass is 10.2. The molecular formula is C15H22N2O6. The van der Waals surface area contributed by atoms with Gasteiger partial charge in [0.25, 0.3) is 0 Å². The number of alkyl carbamates (subject to hydrolysis) is 1. The summed E-state index contributed by atoms with van der Waals surface area (Å²) in [5.74, 6) is 0.183. The molecule has 1 amide bonds. The minimum absolute atomic E-state index is 0.0452. The molecule has 1 aromatic rings. The predicted octanol–water partition coefficient (Wildman–Crippen LogP) is 2.64. The fourth-order valence-electron chi connectivity index (χ4n) is 1.78. The van der Waals surface area contributed by atoms with Crippen LogP contribution in [0.2, 0.25) is 0 Å². The van der Waals surface area contributed by atoms with Gasteiger partial charge in [-0.3, -0.25) is 10.1 Å². The Morgan fingerprint density at radius 2 is 2.04 bits per heavy atom. The molecule has 23 heavy (non-hydrogen) atoms. The lowest BCUT2D eigenvalue weighted by molar-refractivity contribution is -0.386. The van der Waals surface area contributed by atoms with Crippen LogP contribution in [0.5, 0.6) is 5.75 Å².